The Morgan fingerprint density at radius 2 is 1.87 bits per heavy atom. The lowest BCUT2D eigenvalue weighted by atomic mass is 10.1. The van der Waals surface area contributed by atoms with E-state index in [0.717, 1.165) is 4.47 Å². The molecule has 0 fully saturated rings. The van der Waals surface area contributed by atoms with Crippen molar-refractivity contribution in [2.24, 2.45) is 0 Å². The van der Waals surface area contributed by atoms with Gasteiger partial charge in [-0.05, 0) is 103 Å². The van der Waals surface area contributed by atoms with Crippen LogP contribution >= 0.6 is 61.1 Å². The largest absolute Gasteiger partial charge is 0.0606 e. The molecule has 0 spiro atoms. The highest BCUT2D eigenvalue weighted by molar-refractivity contribution is 14.1. The van der Waals surface area contributed by atoms with Crippen molar-refractivity contribution in [1.29, 1.82) is 0 Å². The first-order valence-corrected chi connectivity index (χ1v) is 7.24. The maximum Gasteiger partial charge on any atom is 0.0333 e. The summed E-state index contributed by atoms with van der Waals surface area (Å²) in [5, 5.41) is 0. The highest BCUT2D eigenvalue weighted by atomic mass is 127. The van der Waals surface area contributed by atoms with Crippen LogP contribution in [0.3, 0.4) is 0 Å². The molecule has 0 saturated carbocycles. The van der Waals surface area contributed by atoms with Gasteiger partial charge in [0.05, 0.1) is 0 Å². The minimum atomic E-state index is 1.02. The van der Waals surface area contributed by atoms with Crippen molar-refractivity contribution in [3.63, 3.8) is 0 Å². The quantitative estimate of drug-likeness (QED) is 0.494. The summed E-state index contributed by atoms with van der Waals surface area (Å²) in [5.41, 5.74) is 2.42. The van der Waals surface area contributed by atoms with Crippen molar-refractivity contribution >= 4 is 61.1 Å². The summed E-state index contributed by atoms with van der Waals surface area (Å²) in [6.07, 6.45) is 0. The Morgan fingerprint density at radius 1 is 1.07 bits per heavy atom. The Balaban J connectivity index is 2.58. The molecule has 2 rings (SSSR count). The van der Waals surface area contributed by atoms with Gasteiger partial charge in [0.2, 0.25) is 0 Å². The van der Waals surface area contributed by atoms with E-state index < -0.39 is 0 Å². The Hall–Kier alpha value is 0.380. The van der Waals surface area contributed by atoms with Gasteiger partial charge in [-0.25, -0.2) is 0 Å². The van der Waals surface area contributed by atoms with Gasteiger partial charge in [-0.1, -0.05) is 12.1 Å². The van der Waals surface area contributed by atoms with Crippen LogP contribution in [0, 0.1) is 13.2 Å². The first kappa shape index (κ1) is 11.9. The third-order valence-electron chi connectivity index (χ3n) is 1.99. The third kappa shape index (κ3) is 2.94. The minimum Gasteiger partial charge on any atom is -0.0606 e. The highest BCUT2D eigenvalue weighted by Crippen LogP contribution is 2.30. The lowest BCUT2D eigenvalue weighted by Gasteiger charge is -2.05. The third-order valence-corrected chi connectivity index (χ3v) is 3.94. The molecule has 75 valence electrons. The molecular formula is C12H6BrI2. The van der Waals surface area contributed by atoms with Crippen LogP contribution in [-0.2, 0) is 0 Å². The molecule has 0 unspecified atom stereocenters. The van der Waals surface area contributed by atoms with Crippen LogP contribution in [-0.4, -0.2) is 0 Å². The van der Waals surface area contributed by atoms with Gasteiger partial charge in [-0.3, -0.25) is 0 Å². The molecule has 15 heavy (non-hydrogen) atoms. The van der Waals surface area contributed by atoms with E-state index in [9.17, 15) is 0 Å². The van der Waals surface area contributed by atoms with E-state index in [4.69, 9.17) is 0 Å². The normalized spacial score (nSPS) is 10.3. The fourth-order valence-electron chi connectivity index (χ4n) is 1.32. The number of benzene rings is 2. The van der Waals surface area contributed by atoms with E-state index >= 15 is 0 Å². The number of rotatable bonds is 1. The van der Waals surface area contributed by atoms with Crippen molar-refractivity contribution in [2.75, 3.05) is 0 Å². The summed E-state index contributed by atoms with van der Waals surface area (Å²) in [4.78, 5) is 0. The molecule has 0 saturated heterocycles. The second-order valence-electron chi connectivity index (χ2n) is 3.06. The first-order chi connectivity index (χ1) is 7.16. The summed E-state index contributed by atoms with van der Waals surface area (Å²) in [6.45, 7) is 0. The zero-order valence-corrected chi connectivity index (χ0v) is 13.5. The molecule has 0 aliphatic carbocycles. The van der Waals surface area contributed by atoms with Gasteiger partial charge in [0.15, 0.2) is 0 Å². The number of halogens is 3. The minimum absolute atomic E-state index is 1.02. The van der Waals surface area contributed by atoms with Crippen LogP contribution in [0.5, 0.6) is 0 Å². The van der Waals surface area contributed by atoms with E-state index in [1.54, 1.807) is 0 Å². The van der Waals surface area contributed by atoms with Gasteiger partial charge >= 0.3 is 0 Å². The van der Waals surface area contributed by atoms with Gasteiger partial charge in [-0.15, -0.1) is 0 Å². The molecule has 0 atom stereocenters. The topological polar surface area (TPSA) is 0 Å². The molecule has 0 heterocycles. The molecular weight excluding hydrogens is 478 g/mol. The average molecular weight is 484 g/mol. The van der Waals surface area contributed by atoms with Crippen molar-refractivity contribution in [1.82, 2.24) is 0 Å². The van der Waals surface area contributed by atoms with Gasteiger partial charge in [0, 0.05) is 11.6 Å². The second kappa shape index (κ2) is 5.14. The van der Waals surface area contributed by atoms with Crippen LogP contribution in [0.25, 0.3) is 11.1 Å². The molecule has 0 nitrogen and oxygen atoms in total. The zero-order valence-electron chi connectivity index (χ0n) is 7.60. The summed E-state index contributed by atoms with van der Waals surface area (Å²) in [7, 11) is 0. The summed E-state index contributed by atoms with van der Waals surface area (Å²) >= 11 is 8.16. The maximum atomic E-state index is 3.53. The Morgan fingerprint density at radius 3 is 2.60 bits per heavy atom. The molecule has 0 N–H and O–H groups in total. The van der Waals surface area contributed by atoms with Gasteiger partial charge in [0.1, 0.15) is 0 Å². The monoisotopic (exact) mass is 483 g/mol. The van der Waals surface area contributed by atoms with Gasteiger partial charge in [0.25, 0.3) is 0 Å². The summed E-state index contributed by atoms with van der Waals surface area (Å²) in [5.74, 6) is 0. The fraction of sp³-hybridized carbons (Fsp3) is 0. The Labute approximate surface area is 125 Å². The predicted molar refractivity (Wildman–Crippen MR) is 83.8 cm³/mol. The lowest BCUT2D eigenvalue weighted by molar-refractivity contribution is 1.53. The van der Waals surface area contributed by atoms with E-state index in [0.29, 0.717) is 0 Å². The van der Waals surface area contributed by atoms with Crippen LogP contribution in [0.4, 0.5) is 0 Å². The van der Waals surface area contributed by atoms with E-state index in [-0.39, 0.29) is 0 Å². The van der Waals surface area contributed by atoms with E-state index in [1.807, 2.05) is 6.07 Å². The molecule has 0 amide bonds. The average Bonchev–Trinajstić information content (AvgIpc) is 2.22. The summed E-state index contributed by atoms with van der Waals surface area (Å²) < 4.78 is 3.46. The van der Waals surface area contributed by atoms with Crippen molar-refractivity contribution < 1.29 is 0 Å². The Bertz CT molecular complexity index is 495. The zero-order chi connectivity index (χ0) is 10.8. The van der Waals surface area contributed by atoms with Crippen LogP contribution in [0.15, 0.2) is 40.9 Å². The number of hydrogen-bond donors (Lipinski definition) is 0. The van der Waals surface area contributed by atoms with Crippen molar-refractivity contribution in [3.05, 3.63) is 54.1 Å². The molecule has 0 aliphatic heterocycles. The fourth-order valence-corrected chi connectivity index (χ4v) is 2.79. The molecule has 0 aliphatic rings. The molecule has 2 aromatic rings. The molecule has 3 heteroatoms. The van der Waals surface area contributed by atoms with Crippen LogP contribution in [0.1, 0.15) is 0 Å². The standard InChI is InChI=1S/C12H6BrI2/c13-12-5-4-10(15)7-11(12)8-2-1-3-9(14)6-8/h1-4,6-7H. The van der Waals surface area contributed by atoms with Gasteiger partial charge < -0.3 is 0 Å². The maximum absolute atomic E-state index is 3.53. The molecule has 0 bridgehead atoms. The smallest absolute Gasteiger partial charge is 0.0333 e. The second-order valence-corrected chi connectivity index (χ2v) is 6.34. The molecule has 2 aromatic carbocycles. The van der Waals surface area contributed by atoms with Crippen molar-refractivity contribution in [2.45, 2.75) is 0 Å². The molecule has 0 aromatic heterocycles. The highest BCUT2D eigenvalue weighted by Gasteiger charge is 2.04. The van der Waals surface area contributed by atoms with E-state index in [1.165, 1.54) is 18.3 Å². The lowest BCUT2D eigenvalue weighted by Crippen LogP contribution is -1.83. The van der Waals surface area contributed by atoms with Crippen LogP contribution in [0.2, 0.25) is 0 Å². The Kier molecular flexibility index (Phi) is 4.06. The predicted octanol–water partition coefficient (Wildman–Crippen LogP) is 5.13. The van der Waals surface area contributed by atoms with Gasteiger partial charge in [-0.2, -0.15) is 0 Å². The molecule has 1 radical (unpaired) electrons. The first-order valence-electron chi connectivity index (χ1n) is 4.29. The SMILES string of the molecule is Brc1[c]cc(I)cc1-c1cccc(I)c1. The van der Waals surface area contributed by atoms with Crippen LogP contribution < -0.4 is 0 Å². The summed E-state index contributed by atoms with van der Waals surface area (Å²) in [6, 6.07) is 15.8. The van der Waals surface area contributed by atoms with E-state index in [2.05, 4.69) is 97.5 Å². The van der Waals surface area contributed by atoms with Crippen molar-refractivity contribution in [3.8, 4) is 11.1 Å². The number of hydrogen-bond acceptors (Lipinski definition) is 0.